The summed E-state index contributed by atoms with van der Waals surface area (Å²) < 4.78 is 0. The summed E-state index contributed by atoms with van der Waals surface area (Å²) in [5, 5.41) is 10.4. The lowest BCUT2D eigenvalue weighted by Gasteiger charge is -2.15. The lowest BCUT2D eigenvalue weighted by molar-refractivity contribution is 1.59. The quantitative estimate of drug-likeness (QED) is 0.182. The van der Waals surface area contributed by atoms with Crippen molar-refractivity contribution in [2.24, 2.45) is 0 Å². The fourth-order valence-corrected chi connectivity index (χ4v) is 7.72. The summed E-state index contributed by atoms with van der Waals surface area (Å²) in [6.45, 7) is 0. The molecule has 0 atom stereocenters. The predicted molar refractivity (Wildman–Crippen MR) is 197 cm³/mol. The molecule has 0 aromatic heterocycles. The van der Waals surface area contributed by atoms with Crippen molar-refractivity contribution in [2.45, 2.75) is 0 Å². The van der Waals surface area contributed by atoms with E-state index in [-0.39, 0.29) is 0 Å². The van der Waals surface area contributed by atoms with Gasteiger partial charge in [0.1, 0.15) is 0 Å². The summed E-state index contributed by atoms with van der Waals surface area (Å²) in [4.78, 5) is 0. The largest absolute Gasteiger partial charge is 0.0622 e. The molecule has 0 nitrogen and oxygen atoms in total. The van der Waals surface area contributed by atoms with Crippen LogP contribution in [0.4, 0.5) is 0 Å². The number of fused-ring (bicyclic) bond motifs is 7. The van der Waals surface area contributed by atoms with Gasteiger partial charge in [0.15, 0.2) is 0 Å². The number of benzene rings is 9. The summed E-state index contributed by atoms with van der Waals surface area (Å²) in [6, 6.07) is 62.9. The van der Waals surface area contributed by atoms with Crippen LogP contribution in [0.15, 0.2) is 170 Å². The standard InChI is InChI=1S/C46H28/c1-2-8-30(9-3-1)42-25-36-27-44-40-14-6-11-33-12-7-15-41(46(33)40)45(44)28-37(36)26-43(42)32-18-16-29(17-19-32)34-22-23-39-35(24-34)21-20-31-10-4-5-13-38(31)39/h1-28H. The van der Waals surface area contributed by atoms with Crippen LogP contribution >= 0.6 is 0 Å². The third-order valence-corrected chi connectivity index (χ3v) is 9.96. The molecule has 0 radical (unpaired) electrons. The van der Waals surface area contributed by atoms with Crippen LogP contribution in [-0.2, 0) is 0 Å². The van der Waals surface area contributed by atoms with Crippen LogP contribution < -0.4 is 0 Å². The van der Waals surface area contributed by atoms with Crippen molar-refractivity contribution in [2.75, 3.05) is 0 Å². The van der Waals surface area contributed by atoms with Crippen LogP contribution in [0.5, 0.6) is 0 Å². The first-order valence-electron chi connectivity index (χ1n) is 16.0. The van der Waals surface area contributed by atoms with E-state index in [4.69, 9.17) is 0 Å². The minimum atomic E-state index is 1.22. The van der Waals surface area contributed by atoms with Gasteiger partial charge in [0, 0.05) is 0 Å². The summed E-state index contributed by atoms with van der Waals surface area (Å²) in [5.41, 5.74) is 12.8. The highest BCUT2D eigenvalue weighted by Gasteiger charge is 2.22. The Labute approximate surface area is 267 Å². The van der Waals surface area contributed by atoms with Gasteiger partial charge < -0.3 is 0 Å². The first-order chi connectivity index (χ1) is 22.8. The molecule has 0 bridgehead atoms. The van der Waals surface area contributed by atoms with Gasteiger partial charge >= 0.3 is 0 Å². The van der Waals surface area contributed by atoms with Crippen LogP contribution in [-0.4, -0.2) is 0 Å². The molecule has 0 fully saturated rings. The van der Waals surface area contributed by atoms with Crippen molar-refractivity contribution in [3.63, 3.8) is 0 Å². The Balaban J connectivity index is 1.11. The van der Waals surface area contributed by atoms with Gasteiger partial charge in [0.25, 0.3) is 0 Å². The van der Waals surface area contributed by atoms with E-state index in [2.05, 4.69) is 170 Å². The average Bonchev–Trinajstić information content (AvgIpc) is 3.44. The zero-order chi connectivity index (χ0) is 30.2. The minimum Gasteiger partial charge on any atom is -0.0622 e. The van der Waals surface area contributed by atoms with E-state index in [0.29, 0.717) is 0 Å². The Morgan fingerprint density at radius 1 is 0.217 bits per heavy atom. The first kappa shape index (κ1) is 25.4. The molecule has 1 aliphatic rings. The highest BCUT2D eigenvalue weighted by molar-refractivity contribution is 6.18. The second-order valence-corrected chi connectivity index (χ2v) is 12.5. The number of hydrogen-bond acceptors (Lipinski definition) is 0. The van der Waals surface area contributed by atoms with Crippen LogP contribution in [0.3, 0.4) is 0 Å². The third kappa shape index (κ3) is 3.81. The monoisotopic (exact) mass is 580 g/mol. The second-order valence-electron chi connectivity index (χ2n) is 12.5. The molecule has 0 N–H and O–H groups in total. The summed E-state index contributed by atoms with van der Waals surface area (Å²) >= 11 is 0. The van der Waals surface area contributed by atoms with Crippen molar-refractivity contribution in [1.29, 1.82) is 0 Å². The molecule has 1 aliphatic carbocycles. The first-order valence-corrected chi connectivity index (χ1v) is 16.0. The maximum atomic E-state index is 2.41. The van der Waals surface area contributed by atoms with Gasteiger partial charge in [0.05, 0.1) is 0 Å². The molecule has 0 heteroatoms. The Morgan fingerprint density at radius 3 is 1.46 bits per heavy atom. The maximum Gasteiger partial charge on any atom is -0.00264 e. The molecule has 10 rings (SSSR count). The maximum absolute atomic E-state index is 2.41. The van der Waals surface area contributed by atoms with E-state index >= 15 is 0 Å². The molecule has 0 spiro atoms. The van der Waals surface area contributed by atoms with Crippen molar-refractivity contribution in [1.82, 2.24) is 0 Å². The topological polar surface area (TPSA) is 0 Å². The zero-order valence-electron chi connectivity index (χ0n) is 25.2. The van der Waals surface area contributed by atoms with Gasteiger partial charge in [-0.15, -0.1) is 0 Å². The Bertz CT molecular complexity index is 2650. The van der Waals surface area contributed by atoms with E-state index in [0.717, 1.165) is 0 Å². The minimum absolute atomic E-state index is 1.22. The molecule has 9 aromatic rings. The van der Waals surface area contributed by atoms with Crippen molar-refractivity contribution in [3.8, 4) is 55.6 Å². The number of hydrogen-bond donors (Lipinski definition) is 0. The van der Waals surface area contributed by atoms with Crippen molar-refractivity contribution >= 4 is 43.1 Å². The molecule has 0 unspecified atom stereocenters. The van der Waals surface area contributed by atoms with E-state index in [1.54, 1.807) is 0 Å². The van der Waals surface area contributed by atoms with Gasteiger partial charge in [-0.2, -0.15) is 0 Å². The third-order valence-electron chi connectivity index (χ3n) is 9.96. The molecule has 0 saturated heterocycles. The fourth-order valence-electron chi connectivity index (χ4n) is 7.72. The zero-order valence-corrected chi connectivity index (χ0v) is 25.2. The predicted octanol–water partition coefficient (Wildman–Crippen LogP) is 12.9. The van der Waals surface area contributed by atoms with Crippen LogP contribution in [0.1, 0.15) is 0 Å². The van der Waals surface area contributed by atoms with E-state index in [9.17, 15) is 0 Å². The highest BCUT2D eigenvalue weighted by Crippen LogP contribution is 2.49. The van der Waals surface area contributed by atoms with E-state index in [1.165, 1.54) is 98.7 Å². The fraction of sp³-hybridized carbons (Fsp3) is 0. The summed E-state index contributed by atoms with van der Waals surface area (Å²) in [6.07, 6.45) is 0. The molecule has 212 valence electrons. The lowest BCUT2D eigenvalue weighted by atomic mass is 9.89. The summed E-state index contributed by atoms with van der Waals surface area (Å²) in [7, 11) is 0. The molecular weight excluding hydrogens is 553 g/mol. The molecule has 9 aromatic carbocycles. The van der Waals surface area contributed by atoms with Crippen LogP contribution in [0.25, 0.3) is 98.7 Å². The Kier molecular flexibility index (Phi) is 5.38. The smallest absolute Gasteiger partial charge is 0.00264 e. The molecule has 46 heavy (non-hydrogen) atoms. The molecule has 0 saturated carbocycles. The Morgan fingerprint density at radius 2 is 0.739 bits per heavy atom. The normalized spacial score (nSPS) is 11.9. The van der Waals surface area contributed by atoms with E-state index in [1.807, 2.05) is 0 Å². The molecular formula is C46H28. The second kappa shape index (κ2) is 9.76. The Hall–Kier alpha value is -5.98. The highest BCUT2D eigenvalue weighted by atomic mass is 14.3. The molecule has 0 heterocycles. The van der Waals surface area contributed by atoms with Crippen LogP contribution in [0.2, 0.25) is 0 Å². The average molecular weight is 581 g/mol. The van der Waals surface area contributed by atoms with Gasteiger partial charge in [-0.05, 0) is 129 Å². The summed E-state index contributed by atoms with van der Waals surface area (Å²) in [5.74, 6) is 0. The lowest BCUT2D eigenvalue weighted by Crippen LogP contribution is -1.89. The SMILES string of the molecule is c1ccc(-c2cc3cc4c(cc3cc2-c2ccc(-c3ccc5c(ccc6ccccc65)c3)cc2)-c2cccc3cccc-4c23)cc1. The van der Waals surface area contributed by atoms with Gasteiger partial charge in [-0.3, -0.25) is 0 Å². The number of rotatable bonds is 3. The van der Waals surface area contributed by atoms with Gasteiger partial charge in [0.2, 0.25) is 0 Å². The van der Waals surface area contributed by atoms with E-state index < -0.39 is 0 Å². The molecule has 0 amide bonds. The van der Waals surface area contributed by atoms with Gasteiger partial charge in [-0.25, -0.2) is 0 Å². The van der Waals surface area contributed by atoms with Crippen LogP contribution in [0, 0.1) is 0 Å². The van der Waals surface area contributed by atoms with Crippen molar-refractivity contribution < 1.29 is 0 Å². The van der Waals surface area contributed by atoms with Gasteiger partial charge in [-0.1, -0.05) is 140 Å². The van der Waals surface area contributed by atoms with Crippen molar-refractivity contribution in [3.05, 3.63) is 170 Å². The molecule has 0 aliphatic heterocycles.